The Bertz CT molecular complexity index is 611. The van der Waals surface area contributed by atoms with E-state index < -0.39 is 0 Å². The van der Waals surface area contributed by atoms with Crippen molar-refractivity contribution in [1.82, 2.24) is 14.8 Å². The van der Waals surface area contributed by atoms with Crippen LogP contribution in [-0.2, 0) is 26.1 Å². The molecule has 20 heavy (non-hydrogen) atoms. The third-order valence-corrected chi connectivity index (χ3v) is 4.03. The maximum atomic E-state index is 5.87. The Kier molecular flexibility index (Phi) is 4.03. The highest BCUT2D eigenvalue weighted by Crippen LogP contribution is 2.24. The normalized spacial score (nSPS) is 14.1. The first-order valence-electron chi connectivity index (χ1n) is 6.80. The number of hydrogen-bond donors (Lipinski definition) is 1. The minimum absolute atomic E-state index is 0.432. The monoisotopic (exact) mass is 336 g/mol. The van der Waals surface area contributed by atoms with Gasteiger partial charge in [0.25, 0.3) is 0 Å². The van der Waals surface area contributed by atoms with E-state index in [4.69, 9.17) is 10.5 Å². The molecule has 0 unspecified atom stereocenters. The van der Waals surface area contributed by atoms with Gasteiger partial charge in [-0.15, -0.1) is 10.2 Å². The van der Waals surface area contributed by atoms with E-state index in [0.29, 0.717) is 13.2 Å². The molecule has 0 spiro atoms. The molecule has 0 saturated heterocycles. The van der Waals surface area contributed by atoms with E-state index in [1.165, 1.54) is 12.8 Å². The number of rotatable bonds is 4. The Morgan fingerprint density at radius 1 is 1.30 bits per heavy atom. The highest BCUT2D eigenvalue weighted by Gasteiger charge is 2.16. The molecule has 0 fully saturated rings. The molecular weight excluding hydrogens is 320 g/mol. The summed E-state index contributed by atoms with van der Waals surface area (Å²) in [4.78, 5) is 0. The fourth-order valence-electron chi connectivity index (χ4n) is 2.47. The van der Waals surface area contributed by atoms with E-state index in [0.717, 1.165) is 40.4 Å². The Balaban J connectivity index is 1.75. The van der Waals surface area contributed by atoms with Crippen LogP contribution in [0.5, 0.6) is 5.75 Å². The van der Waals surface area contributed by atoms with Gasteiger partial charge in [-0.2, -0.15) is 0 Å². The fraction of sp³-hybridized carbons (Fsp3) is 0.429. The second-order valence-electron chi connectivity index (χ2n) is 4.89. The summed E-state index contributed by atoms with van der Waals surface area (Å²) in [6.07, 6.45) is 3.40. The van der Waals surface area contributed by atoms with Gasteiger partial charge in [0.05, 0.1) is 0 Å². The van der Waals surface area contributed by atoms with Crippen molar-refractivity contribution in [3.63, 3.8) is 0 Å². The lowest BCUT2D eigenvalue weighted by Crippen LogP contribution is -2.14. The van der Waals surface area contributed by atoms with E-state index in [9.17, 15) is 0 Å². The molecule has 3 rings (SSSR count). The molecule has 0 atom stereocenters. The van der Waals surface area contributed by atoms with Crippen molar-refractivity contribution in [1.29, 1.82) is 0 Å². The van der Waals surface area contributed by atoms with E-state index in [-0.39, 0.29) is 0 Å². The molecule has 0 radical (unpaired) electrons. The Morgan fingerprint density at radius 2 is 2.20 bits per heavy atom. The van der Waals surface area contributed by atoms with E-state index in [1.807, 2.05) is 18.2 Å². The summed E-state index contributed by atoms with van der Waals surface area (Å²) in [7, 11) is 0. The zero-order chi connectivity index (χ0) is 13.9. The first-order chi connectivity index (χ1) is 9.78. The Hall–Kier alpha value is -1.40. The van der Waals surface area contributed by atoms with Crippen molar-refractivity contribution in [2.24, 2.45) is 5.73 Å². The zero-order valence-corrected chi connectivity index (χ0v) is 12.8. The van der Waals surface area contributed by atoms with Crippen molar-refractivity contribution in [3.8, 4) is 5.75 Å². The smallest absolute Gasteiger partial charge is 0.171 e. The van der Waals surface area contributed by atoms with E-state index in [1.54, 1.807) is 0 Å². The predicted molar refractivity (Wildman–Crippen MR) is 79.3 cm³/mol. The number of halogens is 1. The Morgan fingerprint density at radius 3 is 3.05 bits per heavy atom. The van der Waals surface area contributed by atoms with Crippen LogP contribution in [-0.4, -0.2) is 14.8 Å². The van der Waals surface area contributed by atoms with Gasteiger partial charge in [0, 0.05) is 29.5 Å². The maximum Gasteiger partial charge on any atom is 0.171 e. The summed E-state index contributed by atoms with van der Waals surface area (Å²) in [5, 5.41) is 8.46. The molecule has 2 N–H and O–H groups in total. The van der Waals surface area contributed by atoms with Gasteiger partial charge >= 0.3 is 0 Å². The van der Waals surface area contributed by atoms with Gasteiger partial charge in [0.2, 0.25) is 0 Å². The lowest BCUT2D eigenvalue weighted by atomic mass is 10.2. The summed E-state index contributed by atoms with van der Waals surface area (Å²) in [6.45, 7) is 1.87. The topological polar surface area (TPSA) is 66.0 Å². The van der Waals surface area contributed by atoms with Crippen LogP contribution >= 0.6 is 15.9 Å². The van der Waals surface area contributed by atoms with Gasteiger partial charge in [-0.25, -0.2) is 0 Å². The molecule has 1 aliphatic heterocycles. The highest BCUT2D eigenvalue weighted by molar-refractivity contribution is 9.10. The minimum Gasteiger partial charge on any atom is -0.485 e. The maximum absolute atomic E-state index is 5.87. The van der Waals surface area contributed by atoms with Crippen molar-refractivity contribution < 1.29 is 4.74 Å². The summed E-state index contributed by atoms with van der Waals surface area (Å²) in [6, 6.07) is 5.86. The van der Waals surface area contributed by atoms with Gasteiger partial charge in [0.15, 0.2) is 5.82 Å². The third kappa shape index (κ3) is 2.71. The summed E-state index contributed by atoms with van der Waals surface area (Å²) in [5.41, 5.74) is 6.73. The van der Waals surface area contributed by atoms with Crippen molar-refractivity contribution in [2.45, 2.75) is 39.0 Å². The number of nitrogens with two attached hydrogens (primary N) is 1. The average molecular weight is 337 g/mol. The van der Waals surface area contributed by atoms with Crippen LogP contribution < -0.4 is 10.5 Å². The van der Waals surface area contributed by atoms with Crippen molar-refractivity contribution >= 4 is 15.9 Å². The first kappa shape index (κ1) is 13.6. The summed E-state index contributed by atoms with van der Waals surface area (Å²) < 4.78 is 9.05. The number of aromatic nitrogens is 3. The standard InChI is InChI=1S/C14H17BrN4O/c15-11-4-5-12(10(7-11)8-16)20-9-14-18-17-13-3-1-2-6-19(13)14/h4-5,7H,1-3,6,8-9,16H2. The lowest BCUT2D eigenvalue weighted by molar-refractivity contribution is 0.283. The Labute approximate surface area is 126 Å². The van der Waals surface area contributed by atoms with Crippen LogP contribution in [0.25, 0.3) is 0 Å². The van der Waals surface area contributed by atoms with Crippen molar-refractivity contribution in [3.05, 3.63) is 39.9 Å². The van der Waals surface area contributed by atoms with Crippen LogP contribution in [0.3, 0.4) is 0 Å². The number of fused-ring (bicyclic) bond motifs is 1. The summed E-state index contributed by atoms with van der Waals surface area (Å²) in [5.74, 6) is 2.78. The molecule has 5 nitrogen and oxygen atoms in total. The number of nitrogens with zero attached hydrogens (tertiary/aromatic N) is 3. The van der Waals surface area contributed by atoms with Gasteiger partial charge < -0.3 is 15.0 Å². The largest absolute Gasteiger partial charge is 0.485 e. The number of ether oxygens (including phenoxy) is 1. The van der Waals surface area contributed by atoms with Gasteiger partial charge in [-0.05, 0) is 31.0 Å². The molecule has 0 amide bonds. The quantitative estimate of drug-likeness (QED) is 0.931. The average Bonchev–Trinajstić information content (AvgIpc) is 2.89. The van der Waals surface area contributed by atoms with Crippen LogP contribution in [0, 0.1) is 0 Å². The van der Waals surface area contributed by atoms with E-state index >= 15 is 0 Å². The van der Waals surface area contributed by atoms with Crippen LogP contribution in [0.2, 0.25) is 0 Å². The van der Waals surface area contributed by atoms with Crippen LogP contribution in [0.4, 0.5) is 0 Å². The minimum atomic E-state index is 0.432. The predicted octanol–water partition coefficient (Wildman–Crippen LogP) is 2.41. The van der Waals surface area contributed by atoms with E-state index in [2.05, 4.69) is 30.7 Å². The highest BCUT2D eigenvalue weighted by atomic mass is 79.9. The number of benzene rings is 1. The SMILES string of the molecule is NCc1cc(Br)ccc1OCc1nnc2n1CCCC2. The molecule has 0 saturated carbocycles. The summed E-state index contributed by atoms with van der Waals surface area (Å²) >= 11 is 3.44. The van der Waals surface area contributed by atoms with Crippen LogP contribution in [0.15, 0.2) is 22.7 Å². The molecule has 0 aliphatic carbocycles. The molecular formula is C14H17BrN4O. The molecule has 2 heterocycles. The molecule has 2 aromatic rings. The molecule has 6 heteroatoms. The molecule has 106 valence electrons. The zero-order valence-electron chi connectivity index (χ0n) is 11.2. The fourth-order valence-corrected chi connectivity index (χ4v) is 2.87. The number of hydrogen-bond acceptors (Lipinski definition) is 4. The van der Waals surface area contributed by atoms with Crippen LogP contribution in [0.1, 0.15) is 30.1 Å². The van der Waals surface area contributed by atoms with Gasteiger partial charge in [-0.1, -0.05) is 15.9 Å². The number of aryl methyl sites for hydroxylation is 1. The molecule has 1 aromatic carbocycles. The van der Waals surface area contributed by atoms with Gasteiger partial charge in [0.1, 0.15) is 18.2 Å². The lowest BCUT2D eigenvalue weighted by Gasteiger charge is -2.15. The van der Waals surface area contributed by atoms with Crippen molar-refractivity contribution in [2.75, 3.05) is 0 Å². The molecule has 1 aliphatic rings. The van der Waals surface area contributed by atoms with Gasteiger partial charge in [-0.3, -0.25) is 0 Å². The second kappa shape index (κ2) is 5.93. The second-order valence-corrected chi connectivity index (χ2v) is 5.80. The molecule has 0 bridgehead atoms. The first-order valence-corrected chi connectivity index (χ1v) is 7.59. The third-order valence-electron chi connectivity index (χ3n) is 3.54. The molecule has 1 aromatic heterocycles.